The Bertz CT molecular complexity index is 313. The maximum Gasteiger partial charge on any atom is 0.0589 e. The number of likely N-dealkylation sites (N-methyl/N-ethyl adjacent to an activating group) is 1. The molecule has 1 N–H and O–H groups in total. The summed E-state index contributed by atoms with van der Waals surface area (Å²) in [5.41, 5.74) is 1.23. The van der Waals surface area contributed by atoms with Gasteiger partial charge in [-0.2, -0.15) is 5.10 Å². The van der Waals surface area contributed by atoms with E-state index in [4.69, 9.17) is 4.74 Å². The van der Waals surface area contributed by atoms with E-state index in [1.807, 2.05) is 24.1 Å². The Kier molecular flexibility index (Phi) is 6.18. The lowest BCUT2D eigenvalue weighted by Gasteiger charge is -2.18. The zero-order chi connectivity index (χ0) is 12.7. The lowest BCUT2D eigenvalue weighted by Crippen LogP contribution is -2.32. The van der Waals surface area contributed by atoms with Crippen LogP contribution in [0.4, 0.5) is 0 Å². The number of hydrogen-bond acceptors (Lipinski definition) is 4. The topological polar surface area (TPSA) is 42.3 Å². The molecule has 1 aromatic heterocycles. The van der Waals surface area contributed by atoms with Crippen molar-refractivity contribution in [1.82, 2.24) is 20.0 Å². The van der Waals surface area contributed by atoms with E-state index in [-0.39, 0.29) is 0 Å². The number of aromatic nitrogens is 2. The Morgan fingerprint density at radius 2 is 2.29 bits per heavy atom. The van der Waals surface area contributed by atoms with Crippen molar-refractivity contribution in [3.05, 3.63) is 18.0 Å². The van der Waals surface area contributed by atoms with Gasteiger partial charge in [-0.25, -0.2) is 0 Å². The van der Waals surface area contributed by atoms with E-state index in [0.717, 1.165) is 26.2 Å². The number of nitrogens with one attached hydrogen (secondary N) is 1. The van der Waals surface area contributed by atoms with Crippen LogP contribution < -0.4 is 5.32 Å². The van der Waals surface area contributed by atoms with Crippen LogP contribution in [0, 0.1) is 0 Å². The molecule has 5 nitrogen and oxygen atoms in total. The van der Waals surface area contributed by atoms with Gasteiger partial charge in [-0.05, 0) is 14.0 Å². The summed E-state index contributed by atoms with van der Waals surface area (Å²) >= 11 is 0. The minimum atomic E-state index is 0.347. The van der Waals surface area contributed by atoms with Crippen LogP contribution in [-0.2, 0) is 11.8 Å². The predicted octanol–water partition coefficient (Wildman–Crippen LogP) is 0.649. The summed E-state index contributed by atoms with van der Waals surface area (Å²) in [7, 11) is 5.78. The van der Waals surface area contributed by atoms with Gasteiger partial charge in [-0.3, -0.25) is 4.68 Å². The first kappa shape index (κ1) is 14.2. The molecule has 1 unspecified atom stereocenters. The molecule has 1 aromatic rings. The van der Waals surface area contributed by atoms with Crippen molar-refractivity contribution < 1.29 is 4.74 Å². The summed E-state index contributed by atoms with van der Waals surface area (Å²) < 4.78 is 6.87. The van der Waals surface area contributed by atoms with Crippen molar-refractivity contribution in [1.29, 1.82) is 0 Å². The van der Waals surface area contributed by atoms with Crippen LogP contribution in [-0.4, -0.2) is 55.1 Å². The van der Waals surface area contributed by atoms with Crippen molar-refractivity contribution >= 4 is 0 Å². The van der Waals surface area contributed by atoms with Crippen molar-refractivity contribution in [3.63, 3.8) is 0 Å². The fourth-order valence-electron chi connectivity index (χ4n) is 1.61. The van der Waals surface area contributed by atoms with Crippen LogP contribution in [0.1, 0.15) is 18.5 Å². The average Bonchev–Trinajstić information content (AvgIpc) is 2.73. The van der Waals surface area contributed by atoms with E-state index in [0.29, 0.717) is 6.04 Å². The van der Waals surface area contributed by atoms with Crippen LogP contribution in [0.5, 0.6) is 0 Å². The summed E-state index contributed by atoms with van der Waals surface area (Å²) in [5.74, 6) is 0. The number of hydrogen-bond donors (Lipinski definition) is 1. The molecule has 0 aromatic carbocycles. The Hall–Kier alpha value is -0.910. The number of rotatable bonds is 8. The van der Waals surface area contributed by atoms with Gasteiger partial charge in [-0.1, -0.05) is 0 Å². The molecule has 0 aliphatic carbocycles. The molecule has 0 spiro atoms. The summed E-state index contributed by atoms with van der Waals surface area (Å²) in [6, 6.07) is 0.347. The van der Waals surface area contributed by atoms with E-state index in [1.54, 1.807) is 7.11 Å². The van der Waals surface area contributed by atoms with E-state index in [9.17, 15) is 0 Å². The first-order chi connectivity index (χ1) is 8.13. The Morgan fingerprint density at radius 3 is 2.88 bits per heavy atom. The monoisotopic (exact) mass is 240 g/mol. The third kappa shape index (κ3) is 5.30. The minimum absolute atomic E-state index is 0.347. The standard InChI is InChI=1S/C12H24N4O/c1-11(12-9-14-16(3)10-12)13-5-6-15(2)7-8-17-4/h9-11,13H,5-8H2,1-4H3. The highest BCUT2D eigenvalue weighted by Gasteiger charge is 2.06. The van der Waals surface area contributed by atoms with E-state index in [1.165, 1.54) is 5.56 Å². The van der Waals surface area contributed by atoms with Gasteiger partial charge in [0.15, 0.2) is 0 Å². The number of aryl methyl sites for hydroxylation is 1. The molecule has 5 heteroatoms. The second-order valence-corrected chi connectivity index (χ2v) is 4.42. The summed E-state index contributed by atoms with van der Waals surface area (Å²) in [6.45, 7) is 5.91. The molecule has 0 aliphatic heterocycles. The molecule has 1 atom stereocenters. The smallest absolute Gasteiger partial charge is 0.0589 e. The maximum absolute atomic E-state index is 5.04. The van der Waals surface area contributed by atoms with E-state index >= 15 is 0 Å². The first-order valence-electron chi connectivity index (χ1n) is 6.03. The largest absolute Gasteiger partial charge is 0.383 e. The Morgan fingerprint density at radius 1 is 1.53 bits per heavy atom. The number of methoxy groups -OCH3 is 1. The summed E-state index contributed by atoms with van der Waals surface area (Å²) in [4.78, 5) is 2.26. The number of nitrogens with zero attached hydrogens (tertiary/aromatic N) is 3. The maximum atomic E-state index is 5.04. The van der Waals surface area contributed by atoms with Crippen LogP contribution >= 0.6 is 0 Å². The summed E-state index contributed by atoms with van der Waals surface area (Å²) in [6.07, 6.45) is 3.96. The van der Waals surface area contributed by atoms with Crippen molar-refractivity contribution in [2.75, 3.05) is 40.4 Å². The van der Waals surface area contributed by atoms with Gasteiger partial charge < -0.3 is 15.0 Å². The number of ether oxygens (including phenoxy) is 1. The normalized spacial score (nSPS) is 13.2. The third-order valence-corrected chi connectivity index (χ3v) is 2.85. The van der Waals surface area contributed by atoms with Gasteiger partial charge in [0.2, 0.25) is 0 Å². The van der Waals surface area contributed by atoms with Gasteiger partial charge >= 0.3 is 0 Å². The molecule has 0 amide bonds. The van der Waals surface area contributed by atoms with Gasteiger partial charge in [0, 0.05) is 51.6 Å². The van der Waals surface area contributed by atoms with E-state index in [2.05, 4.69) is 29.3 Å². The molecular weight excluding hydrogens is 216 g/mol. The Balaban J connectivity index is 2.18. The zero-order valence-electron chi connectivity index (χ0n) is 11.3. The SMILES string of the molecule is COCCN(C)CCNC(C)c1cnn(C)c1. The molecule has 0 radical (unpaired) electrons. The van der Waals surface area contributed by atoms with Crippen molar-refractivity contribution in [2.24, 2.45) is 7.05 Å². The molecule has 1 rings (SSSR count). The van der Waals surface area contributed by atoms with Crippen LogP contribution in [0.15, 0.2) is 12.4 Å². The van der Waals surface area contributed by atoms with Crippen molar-refractivity contribution in [2.45, 2.75) is 13.0 Å². The van der Waals surface area contributed by atoms with Crippen LogP contribution in [0.2, 0.25) is 0 Å². The minimum Gasteiger partial charge on any atom is -0.383 e. The molecule has 0 bridgehead atoms. The third-order valence-electron chi connectivity index (χ3n) is 2.85. The molecule has 0 saturated carbocycles. The van der Waals surface area contributed by atoms with E-state index < -0.39 is 0 Å². The second kappa shape index (κ2) is 7.42. The molecular formula is C12H24N4O. The highest BCUT2D eigenvalue weighted by Crippen LogP contribution is 2.09. The Labute approximate surface area is 104 Å². The lowest BCUT2D eigenvalue weighted by atomic mass is 10.2. The van der Waals surface area contributed by atoms with Crippen LogP contribution in [0.3, 0.4) is 0 Å². The highest BCUT2D eigenvalue weighted by atomic mass is 16.5. The summed E-state index contributed by atoms with van der Waals surface area (Å²) in [5, 5.41) is 7.65. The predicted molar refractivity (Wildman–Crippen MR) is 69.0 cm³/mol. The lowest BCUT2D eigenvalue weighted by molar-refractivity contribution is 0.161. The molecule has 98 valence electrons. The molecule has 1 heterocycles. The van der Waals surface area contributed by atoms with Gasteiger partial charge in [0.25, 0.3) is 0 Å². The fraction of sp³-hybridized carbons (Fsp3) is 0.750. The molecule has 0 aliphatic rings. The van der Waals surface area contributed by atoms with Gasteiger partial charge in [0.05, 0.1) is 12.8 Å². The average molecular weight is 240 g/mol. The van der Waals surface area contributed by atoms with Gasteiger partial charge in [0.1, 0.15) is 0 Å². The highest BCUT2D eigenvalue weighted by molar-refractivity contribution is 5.08. The first-order valence-corrected chi connectivity index (χ1v) is 6.03. The van der Waals surface area contributed by atoms with Crippen molar-refractivity contribution in [3.8, 4) is 0 Å². The molecule has 0 saturated heterocycles. The van der Waals surface area contributed by atoms with Crippen LogP contribution in [0.25, 0.3) is 0 Å². The van der Waals surface area contributed by atoms with Gasteiger partial charge in [-0.15, -0.1) is 0 Å². The zero-order valence-corrected chi connectivity index (χ0v) is 11.3. The molecule has 17 heavy (non-hydrogen) atoms. The quantitative estimate of drug-likeness (QED) is 0.724. The second-order valence-electron chi connectivity index (χ2n) is 4.42. The molecule has 0 fully saturated rings. The fourth-order valence-corrected chi connectivity index (χ4v) is 1.61.